The summed E-state index contributed by atoms with van der Waals surface area (Å²) in [5, 5.41) is 5.74. The number of benzene rings is 1. The Kier molecular flexibility index (Phi) is 2.21. The Labute approximate surface area is 87.2 Å². The molecule has 2 N–H and O–H groups in total. The van der Waals surface area contributed by atoms with Gasteiger partial charge in [0.1, 0.15) is 0 Å². The number of H-pyrrole nitrogens is 2. The fourth-order valence-corrected chi connectivity index (χ4v) is 1.53. The maximum atomic E-state index is 4.91. The second kappa shape index (κ2) is 3.38. The van der Waals surface area contributed by atoms with Crippen molar-refractivity contribution >= 4 is 12.2 Å². The average Bonchev–Trinajstić information content (AvgIpc) is 2.56. The Balaban J connectivity index is 2.61. The first kappa shape index (κ1) is 9.15. The third kappa shape index (κ3) is 1.61. The summed E-state index contributed by atoms with van der Waals surface area (Å²) in [4.78, 5) is 4.19. The third-order valence-electron chi connectivity index (χ3n) is 2.15. The van der Waals surface area contributed by atoms with Crippen LogP contribution in [-0.4, -0.2) is 15.2 Å². The Bertz CT molecular complexity index is 510. The molecule has 2 rings (SSSR count). The molecule has 1 aromatic heterocycles. The van der Waals surface area contributed by atoms with Gasteiger partial charge in [0.05, 0.1) is 0 Å². The first-order chi connectivity index (χ1) is 6.66. The lowest BCUT2D eigenvalue weighted by Gasteiger charge is -2.02. The first-order valence-electron chi connectivity index (χ1n) is 4.39. The lowest BCUT2D eigenvalue weighted by atomic mass is 10.1. The van der Waals surface area contributed by atoms with Crippen LogP contribution >= 0.6 is 12.2 Å². The number of rotatable bonds is 1. The van der Waals surface area contributed by atoms with Crippen molar-refractivity contribution in [3.63, 3.8) is 0 Å². The highest BCUT2D eigenvalue weighted by Crippen LogP contribution is 2.20. The number of aryl methyl sites for hydroxylation is 2. The molecule has 72 valence electrons. The summed E-state index contributed by atoms with van der Waals surface area (Å²) in [7, 11) is 0. The number of hydrogen-bond donors (Lipinski definition) is 2. The van der Waals surface area contributed by atoms with E-state index in [0.717, 1.165) is 11.4 Å². The lowest BCUT2D eigenvalue weighted by molar-refractivity contribution is 1.08. The van der Waals surface area contributed by atoms with Crippen LogP contribution < -0.4 is 0 Å². The first-order valence-corrected chi connectivity index (χ1v) is 4.80. The molecule has 0 amide bonds. The summed E-state index contributed by atoms with van der Waals surface area (Å²) in [6.07, 6.45) is 0. The van der Waals surface area contributed by atoms with Gasteiger partial charge in [-0.05, 0) is 37.7 Å². The van der Waals surface area contributed by atoms with Crippen molar-refractivity contribution < 1.29 is 0 Å². The van der Waals surface area contributed by atoms with Gasteiger partial charge in [-0.1, -0.05) is 17.7 Å². The van der Waals surface area contributed by atoms with Gasteiger partial charge in [0.15, 0.2) is 5.82 Å². The summed E-state index contributed by atoms with van der Waals surface area (Å²) in [6.45, 7) is 4.12. The zero-order valence-corrected chi connectivity index (χ0v) is 8.90. The van der Waals surface area contributed by atoms with E-state index in [1.54, 1.807) is 0 Å². The largest absolute Gasteiger partial charge is 0.282 e. The molecule has 4 heteroatoms. The summed E-state index contributed by atoms with van der Waals surface area (Å²) in [5.74, 6) is 0.802. The molecule has 1 aromatic carbocycles. The van der Waals surface area contributed by atoms with Crippen molar-refractivity contribution in [2.45, 2.75) is 13.8 Å². The molecule has 3 nitrogen and oxygen atoms in total. The van der Waals surface area contributed by atoms with Crippen LogP contribution in [-0.2, 0) is 0 Å². The molecule has 0 aliphatic heterocycles. The molecule has 0 aliphatic carbocycles. The smallest absolute Gasteiger partial charge is 0.213 e. The molecule has 0 unspecified atom stereocenters. The number of hydrogen-bond acceptors (Lipinski definition) is 2. The SMILES string of the molecule is Cc1ccc(C)c(-c2nc(=S)[nH][nH]2)c1. The zero-order chi connectivity index (χ0) is 10.1. The van der Waals surface area contributed by atoms with E-state index >= 15 is 0 Å². The third-order valence-corrected chi connectivity index (χ3v) is 2.34. The molecule has 14 heavy (non-hydrogen) atoms. The van der Waals surface area contributed by atoms with Gasteiger partial charge in [-0.15, -0.1) is 0 Å². The predicted molar refractivity (Wildman–Crippen MR) is 58.7 cm³/mol. The minimum absolute atomic E-state index is 0.487. The van der Waals surface area contributed by atoms with E-state index in [0.29, 0.717) is 4.77 Å². The van der Waals surface area contributed by atoms with Crippen molar-refractivity contribution in [1.29, 1.82) is 0 Å². The van der Waals surface area contributed by atoms with E-state index in [9.17, 15) is 0 Å². The van der Waals surface area contributed by atoms with Crippen LogP contribution in [0.2, 0.25) is 0 Å². The quantitative estimate of drug-likeness (QED) is 0.703. The standard InChI is InChI=1S/C10H11N3S/c1-6-3-4-7(2)8(5-6)9-11-10(14)13-12-9/h3-5H,1-2H3,(H2,11,12,13,14). The summed E-state index contributed by atoms with van der Waals surface area (Å²) >= 11 is 4.91. The minimum atomic E-state index is 0.487. The van der Waals surface area contributed by atoms with Crippen molar-refractivity contribution in [2.24, 2.45) is 0 Å². The normalized spacial score (nSPS) is 10.4. The fraction of sp³-hybridized carbons (Fsp3) is 0.200. The van der Waals surface area contributed by atoms with Crippen molar-refractivity contribution in [3.05, 3.63) is 34.1 Å². The van der Waals surface area contributed by atoms with Crippen LogP contribution in [0, 0.1) is 18.6 Å². The number of nitrogens with one attached hydrogen (secondary N) is 2. The molecule has 1 heterocycles. The predicted octanol–water partition coefficient (Wildman–Crippen LogP) is 2.75. The van der Waals surface area contributed by atoms with Gasteiger partial charge in [-0.2, -0.15) is 4.98 Å². The van der Waals surface area contributed by atoms with Gasteiger partial charge in [0.2, 0.25) is 4.77 Å². The van der Waals surface area contributed by atoms with Gasteiger partial charge in [0, 0.05) is 5.56 Å². The van der Waals surface area contributed by atoms with Gasteiger partial charge < -0.3 is 0 Å². The van der Waals surface area contributed by atoms with Crippen LogP contribution in [0.25, 0.3) is 11.4 Å². The van der Waals surface area contributed by atoms with Gasteiger partial charge in [-0.3, -0.25) is 10.2 Å². The number of aromatic amines is 2. The van der Waals surface area contributed by atoms with Crippen molar-refractivity contribution in [3.8, 4) is 11.4 Å². The second-order valence-electron chi connectivity index (χ2n) is 3.33. The Morgan fingerprint density at radius 3 is 2.64 bits per heavy atom. The highest BCUT2D eigenvalue weighted by Gasteiger charge is 2.04. The highest BCUT2D eigenvalue weighted by molar-refractivity contribution is 7.71. The topological polar surface area (TPSA) is 44.5 Å². The van der Waals surface area contributed by atoms with E-state index in [1.165, 1.54) is 11.1 Å². The van der Waals surface area contributed by atoms with Gasteiger partial charge >= 0.3 is 0 Å². The average molecular weight is 205 g/mol. The van der Waals surface area contributed by atoms with Crippen LogP contribution in [0.1, 0.15) is 11.1 Å². The molecule has 2 aromatic rings. The molecule has 0 fully saturated rings. The maximum absolute atomic E-state index is 4.91. The van der Waals surface area contributed by atoms with Crippen LogP contribution in [0.5, 0.6) is 0 Å². The molecular formula is C10H11N3S. The minimum Gasteiger partial charge on any atom is -0.282 e. The summed E-state index contributed by atoms with van der Waals surface area (Å²) in [6, 6.07) is 6.26. The molecule has 0 spiro atoms. The maximum Gasteiger partial charge on any atom is 0.213 e. The van der Waals surface area contributed by atoms with Crippen molar-refractivity contribution in [2.75, 3.05) is 0 Å². The highest BCUT2D eigenvalue weighted by atomic mass is 32.1. The summed E-state index contributed by atoms with van der Waals surface area (Å²) in [5.41, 5.74) is 3.50. The number of aromatic nitrogens is 3. The zero-order valence-electron chi connectivity index (χ0n) is 8.09. The Hall–Kier alpha value is -1.42. The van der Waals surface area contributed by atoms with Crippen molar-refractivity contribution in [1.82, 2.24) is 15.2 Å². The molecule has 0 aliphatic rings. The van der Waals surface area contributed by atoms with Gasteiger partial charge in [-0.25, -0.2) is 0 Å². The number of nitrogens with zero attached hydrogens (tertiary/aromatic N) is 1. The second-order valence-corrected chi connectivity index (χ2v) is 3.72. The molecule has 0 radical (unpaired) electrons. The van der Waals surface area contributed by atoms with Crippen LogP contribution in [0.15, 0.2) is 18.2 Å². The van der Waals surface area contributed by atoms with E-state index in [1.807, 2.05) is 0 Å². The van der Waals surface area contributed by atoms with E-state index in [-0.39, 0.29) is 0 Å². The van der Waals surface area contributed by atoms with Crippen LogP contribution in [0.3, 0.4) is 0 Å². The molecule has 0 saturated carbocycles. The van der Waals surface area contributed by atoms with Crippen LogP contribution in [0.4, 0.5) is 0 Å². The van der Waals surface area contributed by atoms with E-state index in [4.69, 9.17) is 12.2 Å². The monoisotopic (exact) mass is 205 g/mol. The molecule has 0 saturated heterocycles. The fourth-order valence-electron chi connectivity index (χ4n) is 1.39. The Morgan fingerprint density at radius 1 is 1.21 bits per heavy atom. The molecule has 0 atom stereocenters. The van der Waals surface area contributed by atoms with Gasteiger partial charge in [0.25, 0.3) is 0 Å². The lowest BCUT2D eigenvalue weighted by Crippen LogP contribution is -1.86. The molecule has 0 bridgehead atoms. The van der Waals surface area contributed by atoms with E-state index < -0.39 is 0 Å². The van der Waals surface area contributed by atoms with E-state index in [2.05, 4.69) is 47.2 Å². The summed E-state index contributed by atoms with van der Waals surface area (Å²) < 4.78 is 0.487. The molecular weight excluding hydrogens is 194 g/mol. The Morgan fingerprint density at radius 2 is 2.00 bits per heavy atom.